The van der Waals surface area contributed by atoms with Gasteiger partial charge in [-0.3, -0.25) is 9.59 Å². The van der Waals surface area contributed by atoms with E-state index in [1.165, 1.54) is 13.2 Å². The van der Waals surface area contributed by atoms with Crippen molar-refractivity contribution >= 4 is 47.0 Å². The lowest BCUT2D eigenvalue weighted by Crippen LogP contribution is -2.20. The van der Waals surface area contributed by atoms with Crippen molar-refractivity contribution in [2.45, 2.75) is 33.1 Å². The Morgan fingerprint density at radius 2 is 1.53 bits per heavy atom. The molecular formula is C27H27Cl2O4P. The van der Waals surface area contributed by atoms with Crippen LogP contribution >= 0.6 is 30.3 Å². The van der Waals surface area contributed by atoms with Gasteiger partial charge in [0.2, 0.25) is 5.52 Å². The lowest BCUT2D eigenvalue weighted by atomic mass is 9.87. The monoisotopic (exact) mass is 516 g/mol. The van der Waals surface area contributed by atoms with Crippen LogP contribution in [0.5, 0.6) is 5.75 Å². The van der Waals surface area contributed by atoms with Gasteiger partial charge in [-0.1, -0.05) is 105 Å². The molecule has 0 heterocycles. The van der Waals surface area contributed by atoms with E-state index in [1.807, 2.05) is 12.1 Å². The van der Waals surface area contributed by atoms with E-state index in [9.17, 15) is 14.2 Å². The van der Waals surface area contributed by atoms with E-state index in [0.717, 1.165) is 5.56 Å². The molecule has 0 saturated heterocycles. The Hall–Kier alpha value is -2.39. The molecule has 4 nitrogen and oxygen atoms in total. The molecule has 0 aliphatic carbocycles. The van der Waals surface area contributed by atoms with E-state index in [4.69, 9.17) is 27.9 Å². The van der Waals surface area contributed by atoms with Crippen molar-refractivity contribution in [2.75, 3.05) is 13.3 Å². The molecule has 178 valence electrons. The molecule has 3 aromatic carbocycles. The average Bonchev–Trinajstić information content (AvgIpc) is 2.83. The van der Waals surface area contributed by atoms with Crippen molar-refractivity contribution < 1.29 is 18.9 Å². The zero-order valence-corrected chi connectivity index (χ0v) is 22.2. The molecule has 0 fully saturated rings. The van der Waals surface area contributed by atoms with Crippen LogP contribution in [0.15, 0.2) is 60.7 Å². The number of carbonyl (C=O) groups excluding carboxylic acids is 2. The first-order valence-electron chi connectivity index (χ1n) is 10.9. The van der Waals surface area contributed by atoms with Crippen LogP contribution in [-0.4, -0.2) is 24.6 Å². The Balaban J connectivity index is 2.14. The molecule has 0 aromatic heterocycles. The van der Waals surface area contributed by atoms with Gasteiger partial charge in [0.25, 0.3) is 0 Å². The summed E-state index contributed by atoms with van der Waals surface area (Å²) in [5, 5.41) is 0.0179. The Labute approximate surface area is 210 Å². The number of halogens is 2. The molecule has 3 aromatic rings. The molecule has 0 aliphatic rings. The number of carbonyl (C=O) groups is 2. The van der Waals surface area contributed by atoms with Crippen LogP contribution in [0.3, 0.4) is 0 Å². The standard InChI is InChI=1S/C27H27Cl2O4P/c1-6-34(32,26(31)18-12-14-19(15-13-18)27(2,3)4)25-21(28)16-20(22(29)24(25)33-5)23(30)17-10-8-7-9-11-17/h7-16H,6H2,1-5H3. The summed E-state index contributed by atoms with van der Waals surface area (Å²) in [5.74, 6) is -0.369. The average molecular weight is 517 g/mol. The molecule has 34 heavy (non-hydrogen) atoms. The Kier molecular flexibility index (Phi) is 7.77. The van der Waals surface area contributed by atoms with Crippen LogP contribution in [0.1, 0.15) is 59.5 Å². The highest BCUT2D eigenvalue weighted by molar-refractivity contribution is 7.87. The van der Waals surface area contributed by atoms with Crippen LogP contribution in [-0.2, 0) is 9.98 Å². The first-order chi connectivity index (χ1) is 16.0. The first kappa shape index (κ1) is 26.2. The zero-order valence-electron chi connectivity index (χ0n) is 19.8. The lowest BCUT2D eigenvalue weighted by Gasteiger charge is -2.23. The predicted molar refractivity (Wildman–Crippen MR) is 140 cm³/mol. The van der Waals surface area contributed by atoms with Crippen molar-refractivity contribution in [3.8, 4) is 5.75 Å². The summed E-state index contributed by atoms with van der Waals surface area (Å²) in [4.78, 5) is 26.6. The minimum Gasteiger partial charge on any atom is -0.494 e. The highest BCUT2D eigenvalue weighted by Gasteiger charge is 2.39. The SMILES string of the molecule is CCP(=O)(C(=O)c1ccc(C(C)(C)C)cc1)c1c(Cl)cc(C(=O)c2ccccc2)c(Cl)c1OC. The van der Waals surface area contributed by atoms with E-state index in [1.54, 1.807) is 49.4 Å². The summed E-state index contributed by atoms with van der Waals surface area (Å²) in [6.45, 7) is 7.89. The van der Waals surface area contributed by atoms with Gasteiger partial charge in [0.1, 0.15) is 0 Å². The number of ketones is 1. The van der Waals surface area contributed by atoms with Gasteiger partial charge >= 0.3 is 0 Å². The third-order valence-electron chi connectivity index (χ3n) is 5.77. The van der Waals surface area contributed by atoms with Gasteiger partial charge in [-0.25, -0.2) is 0 Å². The summed E-state index contributed by atoms with van der Waals surface area (Å²) in [5.41, 5.74) is 1.28. The van der Waals surface area contributed by atoms with Gasteiger partial charge in [-0.2, -0.15) is 0 Å². The minimum atomic E-state index is -3.75. The van der Waals surface area contributed by atoms with Crippen molar-refractivity contribution in [1.29, 1.82) is 0 Å². The summed E-state index contributed by atoms with van der Waals surface area (Å²) in [7, 11) is -2.41. The van der Waals surface area contributed by atoms with Crippen molar-refractivity contribution in [2.24, 2.45) is 0 Å². The normalized spacial score (nSPS) is 13.3. The second kappa shape index (κ2) is 10.1. The molecule has 0 radical (unpaired) electrons. The maximum Gasteiger partial charge on any atom is 0.225 e. The minimum absolute atomic E-state index is 0.00498. The fraction of sp³-hybridized carbons (Fsp3) is 0.259. The summed E-state index contributed by atoms with van der Waals surface area (Å²) in [6, 6.07) is 17.1. The molecule has 1 unspecified atom stereocenters. The van der Waals surface area contributed by atoms with E-state index < -0.39 is 12.7 Å². The number of ether oxygens (including phenoxy) is 1. The molecule has 0 bridgehead atoms. The lowest BCUT2D eigenvalue weighted by molar-refractivity contribution is 0.103. The van der Waals surface area contributed by atoms with Crippen LogP contribution in [0.4, 0.5) is 0 Å². The van der Waals surface area contributed by atoms with E-state index in [-0.39, 0.29) is 44.0 Å². The summed E-state index contributed by atoms with van der Waals surface area (Å²) < 4.78 is 19.7. The van der Waals surface area contributed by atoms with Crippen molar-refractivity contribution in [3.05, 3.63) is 93.0 Å². The Morgan fingerprint density at radius 1 is 0.941 bits per heavy atom. The van der Waals surface area contributed by atoms with Crippen molar-refractivity contribution in [3.63, 3.8) is 0 Å². The number of benzene rings is 3. The third kappa shape index (κ3) is 4.86. The number of hydrogen-bond acceptors (Lipinski definition) is 4. The van der Waals surface area contributed by atoms with Crippen LogP contribution in [0.25, 0.3) is 0 Å². The van der Waals surface area contributed by atoms with Crippen LogP contribution < -0.4 is 10.0 Å². The highest BCUT2D eigenvalue weighted by atomic mass is 35.5. The smallest absolute Gasteiger partial charge is 0.225 e. The third-order valence-corrected chi connectivity index (χ3v) is 9.54. The topological polar surface area (TPSA) is 60.4 Å². The summed E-state index contributed by atoms with van der Waals surface area (Å²) in [6.07, 6.45) is 0.0191. The maximum atomic E-state index is 14.2. The molecule has 0 amide bonds. The number of hydrogen-bond donors (Lipinski definition) is 0. The number of rotatable bonds is 7. The molecular weight excluding hydrogens is 490 g/mol. The molecule has 3 rings (SSSR count). The molecule has 0 saturated carbocycles. The van der Waals surface area contributed by atoms with Gasteiger partial charge in [0.05, 0.1) is 22.5 Å². The fourth-order valence-electron chi connectivity index (χ4n) is 3.75. The molecule has 0 aliphatic heterocycles. The van der Waals surface area contributed by atoms with Crippen molar-refractivity contribution in [1.82, 2.24) is 0 Å². The van der Waals surface area contributed by atoms with Gasteiger partial charge in [0.15, 0.2) is 18.7 Å². The van der Waals surface area contributed by atoms with Crippen LogP contribution in [0.2, 0.25) is 10.0 Å². The van der Waals surface area contributed by atoms with Gasteiger partial charge in [0, 0.05) is 22.9 Å². The maximum absolute atomic E-state index is 14.2. The van der Waals surface area contributed by atoms with E-state index >= 15 is 0 Å². The van der Waals surface area contributed by atoms with E-state index in [2.05, 4.69) is 20.8 Å². The largest absolute Gasteiger partial charge is 0.494 e. The second-order valence-corrected chi connectivity index (χ2v) is 12.7. The van der Waals surface area contributed by atoms with E-state index in [0.29, 0.717) is 11.1 Å². The Bertz CT molecular complexity index is 1280. The van der Waals surface area contributed by atoms with Gasteiger partial charge in [-0.05, 0) is 17.0 Å². The van der Waals surface area contributed by atoms with Gasteiger partial charge < -0.3 is 9.30 Å². The van der Waals surface area contributed by atoms with Gasteiger partial charge in [-0.15, -0.1) is 0 Å². The molecule has 7 heteroatoms. The zero-order chi connectivity index (χ0) is 25.3. The fourth-order valence-corrected chi connectivity index (χ4v) is 7.05. The first-order valence-corrected chi connectivity index (χ1v) is 13.5. The highest BCUT2D eigenvalue weighted by Crippen LogP contribution is 2.53. The number of methoxy groups -OCH3 is 1. The van der Waals surface area contributed by atoms with Crippen LogP contribution in [0, 0.1) is 0 Å². The summed E-state index contributed by atoms with van der Waals surface area (Å²) >= 11 is 13.2. The predicted octanol–water partition coefficient (Wildman–Crippen LogP) is 7.38. The molecule has 1 atom stereocenters. The molecule has 0 N–H and O–H groups in total. The second-order valence-electron chi connectivity index (χ2n) is 8.99. The quantitative estimate of drug-likeness (QED) is 0.242. The molecule has 0 spiro atoms. The Morgan fingerprint density at radius 3 is 2.03 bits per heavy atom.